The van der Waals surface area contributed by atoms with Crippen LogP contribution in [0.25, 0.3) is 0 Å². The smallest absolute Gasteiger partial charge is 0.270 e. The molecule has 0 radical (unpaired) electrons. The summed E-state index contributed by atoms with van der Waals surface area (Å²) >= 11 is 6.15. The molecule has 1 heterocycles. The first-order valence-electron chi connectivity index (χ1n) is 8.21. The second-order valence-electron chi connectivity index (χ2n) is 6.18. The highest BCUT2D eigenvalue weighted by Gasteiger charge is 2.19. The van der Waals surface area contributed by atoms with Crippen LogP contribution in [0.4, 0.5) is 11.5 Å². The van der Waals surface area contributed by atoms with Gasteiger partial charge in [-0.15, -0.1) is 0 Å². The van der Waals surface area contributed by atoms with E-state index in [1.54, 1.807) is 13.0 Å². The molecule has 0 unspecified atom stereocenters. The molecule has 0 bridgehead atoms. The highest BCUT2D eigenvalue weighted by Crippen LogP contribution is 2.25. The van der Waals surface area contributed by atoms with E-state index < -0.39 is 0 Å². The van der Waals surface area contributed by atoms with Crippen molar-refractivity contribution in [1.82, 2.24) is 15.3 Å². The lowest BCUT2D eigenvalue weighted by Gasteiger charge is -2.14. The van der Waals surface area contributed by atoms with Gasteiger partial charge in [-0.05, 0) is 44.4 Å². The number of benzene rings is 1. The van der Waals surface area contributed by atoms with Crippen LogP contribution in [0.5, 0.6) is 0 Å². The van der Waals surface area contributed by atoms with Gasteiger partial charge >= 0.3 is 0 Å². The van der Waals surface area contributed by atoms with Crippen molar-refractivity contribution in [1.29, 1.82) is 0 Å². The minimum absolute atomic E-state index is 0.140. The normalized spacial score (nSPS) is 14.6. The number of nitrogens with zero attached hydrogens (tertiary/aromatic N) is 2. The molecule has 1 aromatic heterocycles. The summed E-state index contributed by atoms with van der Waals surface area (Å²) in [6.07, 6.45) is 4.44. The number of amides is 1. The number of halogens is 1. The lowest BCUT2D eigenvalue weighted by molar-refractivity contribution is 0.0932. The monoisotopic (exact) mass is 344 g/mol. The van der Waals surface area contributed by atoms with E-state index in [9.17, 15) is 4.79 Å². The summed E-state index contributed by atoms with van der Waals surface area (Å²) in [6, 6.07) is 7.58. The van der Waals surface area contributed by atoms with E-state index in [1.165, 1.54) is 12.8 Å². The number of rotatable bonds is 4. The second-order valence-corrected chi connectivity index (χ2v) is 6.59. The molecule has 1 fully saturated rings. The number of aryl methyl sites for hydroxylation is 1. The first kappa shape index (κ1) is 16.7. The summed E-state index contributed by atoms with van der Waals surface area (Å²) in [7, 11) is 0. The van der Waals surface area contributed by atoms with Crippen LogP contribution in [0.15, 0.2) is 24.3 Å². The standard InChI is InChI=1S/C18H21ClN4O/c1-11-14(19)8-5-9-15(11)23-17-10-16(20-12(2)21-17)18(24)22-13-6-3-4-7-13/h5,8-10,13H,3-4,6-7H2,1-2H3,(H,22,24)(H,20,21,23). The molecular formula is C18H21ClN4O. The molecule has 0 atom stereocenters. The topological polar surface area (TPSA) is 66.9 Å². The Morgan fingerprint density at radius 2 is 1.96 bits per heavy atom. The van der Waals surface area contributed by atoms with Crippen LogP contribution in [0.3, 0.4) is 0 Å². The Labute approximate surface area is 146 Å². The highest BCUT2D eigenvalue weighted by atomic mass is 35.5. The van der Waals surface area contributed by atoms with Crippen molar-refractivity contribution in [3.8, 4) is 0 Å². The molecule has 1 saturated carbocycles. The van der Waals surface area contributed by atoms with Crippen LogP contribution >= 0.6 is 11.6 Å². The largest absolute Gasteiger partial charge is 0.348 e. The molecule has 3 rings (SSSR count). The molecule has 6 heteroatoms. The van der Waals surface area contributed by atoms with E-state index in [-0.39, 0.29) is 11.9 Å². The lowest BCUT2D eigenvalue weighted by Crippen LogP contribution is -2.33. The van der Waals surface area contributed by atoms with Crippen molar-refractivity contribution >= 4 is 29.0 Å². The molecule has 0 saturated heterocycles. The summed E-state index contributed by atoms with van der Waals surface area (Å²) in [6.45, 7) is 3.72. The zero-order valence-corrected chi connectivity index (χ0v) is 14.7. The molecule has 2 N–H and O–H groups in total. The van der Waals surface area contributed by atoms with Gasteiger partial charge in [0.25, 0.3) is 5.91 Å². The summed E-state index contributed by atoms with van der Waals surface area (Å²) in [4.78, 5) is 21.1. The lowest BCUT2D eigenvalue weighted by atomic mass is 10.2. The Morgan fingerprint density at radius 1 is 1.21 bits per heavy atom. The summed E-state index contributed by atoms with van der Waals surface area (Å²) in [5.41, 5.74) is 2.19. The number of carbonyl (C=O) groups is 1. The van der Waals surface area contributed by atoms with Crippen molar-refractivity contribution in [3.05, 3.63) is 46.4 Å². The van der Waals surface area contributed by atoms with Crippen LogP contribution < -0.4 is 10.6 Å². The van der Waals surface area contributed by atoms with Crippen LogP contribution in [-0.2, 0) is 0 Å². The Bertz CT molecular complexity index is 757. The van der Waals surface area contributed by atoms with E-state index >= 15 is 0 Å². The molecule has 24 heavy (non-hydrogen) atoms. The predicted molar refractivity (Wildman–Crippen MR) is 96.0 cm³/mol. The van der Waals surface area contributed by atoms with Crippen LogP contribution in [0.1, 0.15) is 47.6 Å². The third-order valence-electron chi connectivity index (χ3n) is 4.29. The fraction of sp³-hybridized carbons (Fsp3) is 0.389. The zero-order chi connectivity index (χ0) is 17.1. The quantitative estimate of drug-likeness (QED) is 0.873. The Kier molecular flexibility index (Phi) is 5.00. The van der Waals surface area contributed by atoms with E-state index in [4.69, 9.17) is 11.6 Å². The second kappa shape index (κ2) is 7.18. The van der Waals surface area contributed by atoms with Crippen molar-refractivity contribution < 1.29 is 4.79 Å². The van der Waals surface area contributed by atoms with E-state index in [0.29, 0.717) is 22.4 Å². The molecular weight excluding hydrogens is 324 g/mol. The summed E-state index contributed by atoms with van der Waals surface area (Å²) in [5, 5.41) is 6.97. The fourth-order valence-electron chi connectivity index (χ4n) is 2.96. The molecule has 0 spiro atoms. The van der Waals surface area contributed by atoms with Crippen molar-refractivity contribution in [2.45, 2.75) is 45.6 Å². The van der Waals surface area contributed by atoms with E-state index in [2.05, 4.69) is 20.6 Å². The molecule has 1 aliphatic carbocycles. The summed E-state index contributed by atoms with van der Waals surface area (Å²) < 4.78 is 0. The fourth-order valence-corrected chi connectivity index (χ4v) is 3.13. The Morgan fingerprint density at radius 3 is 2.71 bits per heavy atom. The molecule has 1 aliphatic rings. The van der Waals surface area contributed by atoms with Crippen LogP contribution in [0.2, 0.25) is 5.02 Å². The maximum Gasteiger partial charge on any atom is 0.270 e. The SMILES string of the molecule is Cc1nc(Nc2cccc(Cl)c2C)cc(C(=O)NC2CCCC2)n1. The number of hydrogen-bond donors (Lipinski definition) is 2. The van der Waals surface area contributed by atoms with Gasteiger partial charge in [-0.2, -0.15) is 0 Å². The van der Waals surface area contributed by atoms with Crippen LogP contribution in [-0.4, -0.2) is 21.9 Å². The molecule has 0 aliphatic heterocycles. The molecule has 126 valence electrons. The van der Waals surface area contributed by atoms with Gasteiger partial charge in [-0.25, -0.2) is 9.97 Å². The maximum absolute atomic E-state index is 12.4. The number of anilines is 2. The van der Waals surface area contributed by atoms with Gasteiger partial charge in [0.05, 0.1) is 0 Å². The van der Waals surface area contributed by atoms with Crippen molar-refractivity contribution in [2.75, 3.05) is 5.32 Å². The first-order chi connectivity index (χ1) is 11.5. The Hall–Kier alpha value is -2.14. The number of aromatic nitrogens is 2. The average Bonchev–Trinajstić information content (AvgIpc) is 3.04. The molecule has 1 amide bonds. The van der Waals surface area contributed by atoms with Gasteiger partial charge in [0.2, 0.25) is 0 Å². The average molecular weight is 345 g/mol. The molecule has 1 aromatic carbocycles. The van der Waals surface area contributed by atoms with Crippen LogP contribution in [0, 0.1) is 13.8 Å². The maximum atomic E-state index is 12.4. The van der Waals surface area contributed by atoms with Gasteiger partial charge in [0, 0.05) is 22.8 Å². The number of carbonyl (C=O) groups excluding carboxylic acids is 1. The third-order valence-corrected chi connectivity index (χ3v) is 4.70. The predicted octanol–water partition coefficient (Wildman–Crippen LogP) is 4.16. The van der Waals surface area contributed by atoms with Gasteiger partial charge in [0.15, 0.2) is 0 Å². The first-order valence-corrected chi connectivity index (χ1v) is 8.59. The molecule has 2 aromatic rings. The summed E-state index contributed by atoms with van der Waals surface area (Å²) in [5.74, 6) is 0.999. The molecule has 5 nitrogen and oxygen atoms in total. The minimum atomic E-state index is -0.140. The third kappa shape index (κ3) is 3.85. The van der Waals surface area contributed by atoms with Gasteiger partial charge in [-0.3, -0.25) is 4.79 Å². The highest BCUT2D eigenvalue weighted by molar-refractivity contribution is 6.31. The Balaban J connectivity index is 1.80. The van der Waals surface area contributed by atoms with Gasteiger partial charge in [-0.1, -0.05) is 30.5 Å². The van der Waals surface area contributed by atoms with Crippen molar-refractivity contribution in [3.63, 3.8) is 0 Å². The van der Waals surface area contributed by atoms with Gasteiger partial charge in [0.1, 0.15) is 17.3 Å². The minimum Gasteiger partial charge on any atom is -0.348 e. The zero-order valence-electron chi connectivity index (χ0n) is 13.9. The van der Waals surface area contributed by atoms with Gasteiger partial charge < -0.3 is 10.6 Å². The number of hydrogen-bond acceptors (Lipinski definition) is 4. The van der Waals surface area contributed by atoms with E-state index in [1.807, 2.05) is 25.1 Å². The number of nitrogens with one attached hydrogen (secondary N) is 2. The van der Waals surface area contributed by atoms with Crippen molar-refractivity contribution in [2.24, 2.45) is 0 Å². The van der Waals surface area contributed by atoms with E-state index in [0.717, 1.165) is 24.1 Å².